The molecule has 3 rings (SSSR count). The minimum atomic E-state index is 0.600. The standard InChI is InChI=1S/C16H21N3O/c1-19-7-6-17-16(19)11-18-14-8-13(9-14)12-4-3-5-15(10-12)20-2/h3-7,10,13-14,18H,8-9,11H2,1-2H3. The van der Waals surface area contributed by atoms with Crippen LogP contribution in [0.4, 0.5) is 0 Å². The number of methoxy groups -OCH3 is 1. The lowest BCUT2D eigenvalue weighted by molar-refractivity contribution is 0.286. The molecule has 1 saturated carbocycles. The zero-order valence-corrected chi connectivity index (χ0v) is 12.0. The molecule has 20 heavy (non-hydrogen) atoms. The van der Waals surface area contributed by atoms with Gasteiger partial charge >= 0.3 is 0 Å². The molecule has 0 atom stereocenters. The number of nitrogens with one attached hydrogen (secondary N) is 1. The highest BCUT2D eigenvalue weighted by molar-refractivity contribution is 5.32. The fourth-order valence-electron chi connectivity index (χ4n) is 2.75. The summed E-state index contributed by atoms with van der Waals surface area (Å²) in [5, 5.41) is 3.58. The van der Waals surface area contributed by atoms with E-state index in [1.165, 1.54) is 18.4 Å². The summed E-state index contributed by atoms with van der Waals surface area (Å²) in [7, 11) is 3.75. The van der Waals surface area contributed by atoms with E-state index in [0.29, 0.717) is 12.0 Å². The minimum absolute atomic E-state index is 0.600. The molecule has 0 unspecified atom stereocenters. The molecule has 1 aliphatic carbocycles. The lowest BCUT2D eigenvalue weighted by atomic mass is 9.76. The molecule has 0 bridgehead atoms. The Hall–Kier alpha value is -1.81. The second-order valence-electron chi connectivity index (χ2n) is 5.48. The lowest BCUT2D eigenvalue weighted by Crippen LogP contribution is -2.40. The van der Waals surface area contributed by atoms with E-state index < -0.39 is 0 Å². The quantitative estimate of drug-likeness (QED) is 0.908. The molecule has 1 fully saturated rings. The van der Waals surface area contributed by atoms with Crippen LogP contribution in [0.5, 0.6) is 5.75 Å². The van der Waals surface area contributed by atoms with Crippen LogP contribution >= 0.6 is 0 Å². The Bertz CT molecular complexity index is 573. The number of hydrogen-bond acceptors (Lipinski definition) is 3. The van der Waals surface area contributed by atoms with Gasteiger partial charge in [-0.15, -0.1) is 0 Å². The third-order valence-electron chi connectivity index (χ3n) is 4.17. The third kappa shape index (κ3) is 2.70. The van der Waals surface area contributed by atoms with Gasteiger partial charge in [0.25, 0.3) is 0 Å². The molecule has 0 radical (unpaired) electrons. The van der Waals surface area contributed by atoms with E-state index in [0.717, 1.165) is 18.1 Å². The summed E-state index contributed by atoms with van der Waals surface area (Å²) in [6.45, 7) is 0.846. The smallest absolute Gasteiger partial charge is 0.122 e. The van der Waals surface area contributed by atoms with Crippen molar-refractivity contribution < 1.29 is 4.74 Å². The highest BCUT2D eigenvalue weighted by atomic mass is 16.5. The molecule has 1 N–H and O–H groups in total. The summed E-state index contributed by atoms with van der Waals surface area (Å²) in [6, 6.07) is 9.02. The monoisotopic (exact) mass is 271 g/mol. The van der Waals surface area contributed by atoms with Crippen molar-refractivity contribution in [1.29, 1.82) is 0 Å². The van der Waals surface area contributed by atoms with Crippen LogP contribution in [-0.4, -0.2) is 22.7 Å². The average Bonchev–Trinajstić information content (AvgIpc) is 2.83. The highest BCUT2D eigenvalue weighted by Crippen LogP contribution is 2.37. The first-order valence-electron chi connectivity index (χ1n) is 7.10. The molecule has 1 aromatic carbocycles. The number of benzene rings is 1. The van der Waals surface area contributed by atoms with Crippen molar-refractivity contribution >= 4 is 0 Å². The lowest BCUT2D eigenvalue weighted by Gasteiger charge is -2.36. The van der Waals surface area contributed by atoms with E-state index in [2.05, 4.69) is 33.1 Å². The summed E-state index contributed by atoms with van der Waals surface area (Å²) >= 11 is 0. The third-order valence-corrected chi connectivity index (χ3v) is 4.17. The first kappa shape index (κ1) is 13.2. The van der Waals surface area contributed by atoms with E-state index in [4.69, 9.17) is 4.74 Å². The average molecular weight is 271 g/mol. The summed E-state index contributed by atoms with van der Waals surface area (Å²) in [5.74, 6) is 2.70. The molecule has 0 aliphatic heterocycles. The van der Waals surface area contributed by atoms with Gasteiger partial charge in [0.2, 0.25) is 0 Å². The van der Waals surface area contributed by atoms with Gasteiger partial charge in [0.05, 0.1) is 13.7 Å². The normalized spacial score (nSPS) is 21.5. The molecule has 1 aliphatic rings. The zero-order valence-electron chi connectivity index (χ0n) is 12.0. The van der Waals surface area contributed by atoms with Crippen LogP contribution in [0.3, 0.4) is 0 Å². The Kier molecular flexibility index (Phi) is 3.74. The van der Waals surface area contributed by atoms with Crippen LogP contribution < -0.4 is 10.1 Å². The van der Waals surface area contributed by atoms with Crippen molar-refractivity contribution in [3.05, 3.63) is 48.0 Å². The number of nitrogens with zero attached hydrogens (tertiary/aromatic N) is 2. The molecular weight excluding hydrogens is 250 g/mol. The van der Waals surface area contributed by atoms with Gasteiger partial charge in [-0.05, 0) is 36.5 Å². The number of aromatic nitrogens is 2. The molecule has 1 aromatic heterocycles. The van der Waals surface area contributed by atoms with Crippen molar-refractivity contribution in [2.45, 2.75) is 31.3 Å². The molecule has 4 heteroatoms. The predicted octanol–water partition coefficient (Wildman–Crippen LogP) is 2.46. The van der Waals surface area contributed by atoms with Gasteiger partial charge in [0.1, 0.15) is 11.6 Å². The fraction of sp³-hybridized carbons (Fsp3) is 0.438. The molecule has 0 saturated heterocycles. The van der Waals surface area contributed by atoms with Gasteiger partial charge in [-0.3, -0.25) is 0 Å². The Morgan fingerprint density at radius 1 is 1.40 bits per heavy atom. The van der Waals surface area contributed by atoms with Gasteiger partial charge < -0.3 is 14.6 Å². The zero-order chi connectivity index (χ0) is 13.9. The van der Waals surface area contributed by atoms with Crippen molar-refractivity contribution in [3.63, 3.8) is 0 Å². The highest BCUT2D eigenvalue weighted by Gasteiger charge is 2.30. The summed E-state index contributed by atoms with van der Waals surface area (Å²) < 4.78 is 7.34. The minimum Gasteiger partial charge on any atom is -0.497 e. The van der Waals surface area contributed by atoms with Crippen molar-refractivity contribution in [3.8, 4) is 5.75 Å². The second kappa shape index (κ2) is 5.67. The van der Waals surface area contributed by atoms with Crippen LogP contribution in [0, 0.1) is 0 Å². The van der Waals surface area contributed by atoms with E-state index in [1.54, 1.807) is 7.11 Å². The van der Waals surface area contributed by atoms with Crippen molar-refractivity contribution in [2.75, 3.05) is 7.11 Å². The Morgan fingerprint density at radius 3 is 2.95 bits per heavy atom. The molecular formula is C16H21N3O. The van der Waals surface area contributed by atoms with Gasteiger partial charge in [0.15, 0.2) is 0 Å². The first-order valence-corrected chi connectivity index (χ1v) is 7.10. The molecule has 2 aromatic rings. The van der Waals surface area contributed by atoms with E-state index in [1.807, 2.05) is 25.5 Å². The summed E-state index contributed by atoms with van der Waals surface area (Å²) in [6.07, 6.45) is 6.21. The largest absolute Gasteiger partial charge is 0.497 e. The van der Waals surface area contributed by atoms with Crippen molar-refractivity contribution in [2.24, 2.45) is 7.05 Å². The molecule has 106 valence electrons. The molecule has 4 nitrogen and oxygen atoms in total. The van der Waals surface area contributed by atoms with Gasteiger partial charge in [-0.1, -0.05) is 12.1 Å². The number of imidazole rings is 1. The van der Waals surface area contributed by atoms with Crippen LogP contribution in [0.25, 0.3) is 0 Å². The van der Waals surface area contributed by atoms with E-state index >= 15 is 0 Å². The van der Waals surface area contributed by atoms with Gasteiger partial charge in [-0.2, -0.15) is 0 Å². The van der Waals surface area contributed by atoms with E-state index in [-0.39, 0.29) is 0 Å². The topological polar surface area (TPSA) is 39.1 Å². The van der Waals surface area contributed by atoms with Gasteiger partial charge in [0, 0.05) is 25.5 Å². The SMILES string of the molecule is COc1cccc(C2CC(NCc3nccn3C)C2)c1. The summed E-state index contributed by atoms with van der Waals surface area (Å²) in [5.41, 5.74) is 1.39. The summed E-state index contributed by atoms with van der Waals surface area (Å²) in [4.78, 5) is 4.33. The number of hydrogen-bond donors (Lipinski definition) is 1. The maximum absolute atomic E-state index is 5.28. The molecule has 0 spiro atoms. The fourth-order valence-corrected chi connectivity index (χ4v) is 2.75. The van der Waals surface area contributed by atoms with Gasteiger partial charge in [-0.25, -0.2) is 4.98 Å². The Labute approximate surface area is 119 Å². The van der Waals surface area contributed by atoms with Crippen LogP contribution in [0.1, 0.15) is 30.1 Å². The van der Waals surface area contributed by atoms with Crippen LogP contribution in [-0.2, 0) is 13.6 Å². The van der Waals surface area contributed by atoms with E-state index in [9.17, 15) is 0 Å². The number of rotatable bonds is 5. The van der Waals surface area contributed by atoms with Crippen molar-refractivity contribution in [1.82, 2.24) is 14.9 Å². The molecule has 0 amide bonds. The maximum Gasteiger partial charge on any atom is 0.122 e. The second-order valence-corrected chi connectivity index (χ2v) is 5.48. The number of ether oxygens (including phenoxy) is 1. The Balaban J connectivity index is 1.50. The Morgan fingerprint density at radius 2 is 2.25 bits per heavy atom. The van der Waals surface area contributed by atoms with Crippen LogP contribution in [0.2, 0.25) is 0 Å². The molecule has 1 heterocycles. The first-order chi connectivity index (χ1) is 9.76. The number of aryl methyl sites for hydroxylation is 1. The van der Waals surface area contributed by atoms with Crippen LogP contribution in [0.15, 0.2) is 36.7 Å². The maximum atomic E-state index is 5.28. The predicted molar refractivity (Wildman–Crippen MR) is 78.8 cm³/mol.